The van der Waals surface area contributed by atoms with Crippen molar-refractivity contribution in [1.29, 1.82) is 0 Å². The lowest BCUT2D eigenvalue weighted by Crippen LogP contribution is -2.31. The molecule has 1 N–H and O–H groups in total. The minimum atomic E-state index is -0.0788. The van der Waals surface area contributed by atoms with Gasteiger partial charge in [0.15, 0.2) is 17.3 Å². The molecule has 6 heteroatoms. The molecule has 26 heavy (non-hydrogen) atoms. The first kappa shape index (κ1) is 16.7. The Morgan fingerprint density at radius 2 is 2.04 bits per heavy atom. The van der Waals surface area contributed by atoms with Gasteiger partial charge >= 0.3 is 0 Å². The molecule has 1 aliphatic carbocycles. The van der Waals surface area contributed by atoms with Crippen LogP contribution in [0.5, 0.6) is 11.5 Å². The highest BCUT2D eigenvalue weighted by atomic mass is 16.7. The standard InChI is InChI=1S/C20H22N2O4/c1-3-22(10-13-7-8-16-17(9-13)26-11-25-16)20(24)19-12(2)18-14(21-19)5-4-6-15(18)23/h7-9,21H,3-6,10-11H2,1-2H3. The van der Waals surface area contributed by atoms with Gasteiger partial charge in [0.05, 0.1) is 0 Å². The van der Waals surface area contributed by atoms with E-state index >= 15 is 0 Å². The van der Waals surface area contributed by atoms with Gasteiger partial charge in [-0.1, -0.05) is 6.07 Å². The van der Waals surface area contributed by atoms with Crippen LogP contribution in [-0.4, -0.2) is 34.9 Å². The van der Waals surface area contributed by atoms with Crippen molar-refractivity contribution in [3.8, 4) is 11.5 Å². The predicted molar refractivity (Wildman–Crippen MR) is 95.8 cm³/mol. The van der Waals surface area contributed by atoms with Gasteiger partial charge < -0.3 is 19.4 Å². The van der Waals surface area contributed by atoms with Crippen LogP contribution in [0, 0.1) is 6.92 Å². The van der Waals surface area contributed by atoms with Crippen molar-refractivity contribution in [3.05, 3.63) is 46.3 Å². The number of fused-ring (bicyclic) bond motifs is 2. The summed E-state index contributed by atoms with van der Waals surface area (Å²) in [6.07, 6.45) is 2.23. The maximum atomic E-state index is 13.1. The average Bonchev–Trinajstić information content (AvgIpc) is 3.23. The number of hydrogen-bond donors (Lipinski definition) is 1. The second kappa shape index (κ2) is 6.52. The Morgan fingerprint density at radius 3 is 2.81 bits per heavy atom. The summed E-state index contributed by atoms with van der Waals surface area (Å²) in [5.74, 6) is 1.50. The summed E-state index contributed by atoms with van der Waals surface area (Å²) in [4.78, 5) is 30.3. The van der Waals surface area contributed by atoms with E-state index in [1.165, 1.54) is 0 Å². The van der Waals surface area contributed by atoms with Crippen molar-refractivity contribution in [2.24, 2.45) is 0 Å². The van der Waals surface area contributed by atoms with E-state index in [-0.39, 0.29) is 18.5 Å². The molecule has 1 aromatic carbocycles. The van der Waals surface area contributed by atoms with Crippen LogP contribution >= 0.6 is 0 Å². The van der Waals surface area contributed by atoms with Crippen molar-refractivity contribution in [1.82, 2.24) is 9.88 Å². The highest BCUT2D eigenvalue weighted by Crippen LogP contribution is 2.33. The summed E-state index contributed by atoms with van der Waals surface area (Å²) < 4.78 is 10.8. The fourth-order valence-corrected chi connectivity index (χ4v) is 3.73. The van der Waals surface area contributed by atoms with Crippen molar-refractivity contribution < 1.29 is 19.1 Å². The number of carbonyl (C=O) groups excluding carboxylic acids is 2. The number of Topliss-reactive ketones (excluding diaryl/α,β-unsaturated/α-hetero) is 1. The number of hydrogen-bond acceptors (Lipinski definition) is 4. The number of aromatic nitrogens is 1. The molecule has 2 heterocycles. The fourth-order valence-electron chi connectivity index (χ4n) is 3.73. The minimum Gasteiger partial charge on any atom is -0.454 e. The van der Waals surface area contributed by atoms with Crippen molar-refractivity contribution >= 4 is 11.7 Å². The van der Waals surface area contributed by atoms with Crippen LogP contribution in [0.2, 0.25) is 0 Å². The van der Waals surface area contributed by atoms with Crippen LogP contribution in [0.3, 0.4) is 0 Å². The molecule has 1 aromatic heterocycles. The van der Waals surface area contributed by atoms with Crippen molar-refractivity contribution in [2.75, 3.05) is 13.3 Å². The second-order valence-electron chi connectivity index (χ2n) is 6.76. The zero-order valence-corrected chi connectivity index (χ0v) is 15.1. The molecule has 136 valence electrons. The summed E-state index contributed by atoms with van der Waals surface area (Å²) in [5, 5.41) is 0. The number of carbonyl (C=O) groups is 2. The second-order valence-corrected chi connectivity index (χ2v) is 6.76. The summed E-state index contributed by atoms with van der Waals surface area (Å²) in [7, 11) is 0. The topological polar surface area (TPSA) is 71.6 Å². The third-order valence-corrected chi connectivity index (χ3v) is 5.13. The SMILES string of the molecule is CCN(Cc1ccc2c(c1)OCO2)C(=O)c1[nH]c2c(c1C)C(=O)CCC2. The average molecular weight is 354 g/mol. The summed E-state index contributed by atoms with van der Waals surface area (Å²) in [6.45, 7) is 5.10. The Bertz CT molecular complexity index is 884. The first-order valence-corrected chi connectivity index (χ1v) is 9.01. The van der Waals surface area contributed by atoms with Crippen LogP contribution in [0.4, 0.5) is 0 Å². The Labute approximate surface area is 152 Å². The van der Waals surface area contributed by atoms with Gasteiger partial charge in [-0.25, -0.2) is 0 Å². The van der Waals surface area contributed by atoms with Crippen molar-refractivity contribution in [3.63, 3.8) is 0 Å². The van der Waals surface area contributed by atoms with Gasteiger partial charge in [-0.05, 0) is 49.9 Å². The first-order valence-electron chi connectivity index (χ1n) is 9.01. The third-order valence-electron chi connectivity index (χ3n) is 5.13. The quantitative estimate of drug-likeness (QED) is 0.915. The summed E-state index contributed by atoms with van der Waals surface area (Å²) in [5.41, 5.74) is 3.92. The molecule has 0 saturated carbocycles. The largest absolute Gasteiger partial charge is 0.454 e. The van der Waals surface area contributed by atoms with E-state index in [2.05, 4.69) is 4.98 Å². The molecule has 0 radical (unpaired) electrons. The lowest BCUT2D eigenvalue weighted by Gasteiger charge is -2.21. The fraction of sp³-hybridized carbons (Fsp3) is 0.400. The molecule has 1 amide bonds. The van der Waals surface area contributed by atoms with Gasteiger partial charge in [-0.2, -0.15) is 0 Å². The molecular formula is C20H22N2O4. The lowest BCUT2D eigenvalue weighted by molar-refractivity contribution is 0.0746. The number of benzene rings is 1. The Balaban J connectivity index is 1.59. The van der Waals surface area contributed by atoms with Gasteiger partial charge in [0, 0.05) is 30.8 Å². The van der Waals surface area contributed by atoms with E-state index in [1.807, 2.05) is 32.0 Å². The number of rotatable bonds is 4. The van der Waals surface area contributed by atoms with Crippen LogP contribution in [-0.2, 0) is 13.0 Å². The monoisotopic (exact) mass is 354 g/mol. The predicted octanol–water partition coefficient (Wildman–Crippen LogP) is 3.23. The van der Waals surface area contributed by atoms with Gasteiger partial charge in [-0.15, -0.1) is 0 Å². The number of nitrogens with one attached hydrogen (secondary N) is 1. The van der Waals surface area contributed by atoms with Gasteiger partial charge in [0.2, 0.25) is 6.79 Å². The Morgan fingerprint density at radius 1 is 1.23 bits per heavy atom. The van der Waals surface area contributed by atoms with E-state index in [4.69, 9.17) is 9.47 Å². The Kier molecular flexibility index (Phi) is 4.18. The maximum absolute atomic E-state index is 13.1. The number of H-pyrrole nitrogens is 1. The van der Waals surface area contributed by atoms with Gasteiger partial charge in [0.1, 0.15) is 5.69 Å². The van der Waals surface area contributed by atoms with E-state index in [9.17, 15) is 9.59 Å². The summed E-state index contributed by atoms with van der Waals surface area (Å²) in [6, 6.07) is 5.72. The molecule has 2 aromatic rings. The summed E-state index contributed by atoms with van der Waals surface area (Å²) >= 11 is 0. The number of ketones is 1. The number of amides is 1. The molecule has 0 fully saturated rings. The van der Waals surface area contributed by atoms with Crippen LogP contribution in [0.15, 0.2) is 18.2 Å². The van der Waals surface area contributed by atoms with E-state index in [0.717, 1.165) is 41.0 Å². The first-order chi connectivity index (χ1) is 12.6. The lowest BCUT2D eigenvalue weighted by atomic mass is 9.93. The zero-order chi connectivity index (χ0) is 18.3. The maximum Gasteiger partial charge on any atom is 0.270 e. The molecule has 0 spiro atoms. The zero-order valence-electron chi connectivity index (χ0n) is 15.1. The molecule has 1 aliphatic heterocycles. The van der Waals surface area contributed by atoms with Gasteiger partial charge in [0.25, 0.3) is 5.91 Å². The minimum absolute atomic E-state index is 0.0788. The van der Waals surface area contributed by atoms with E-state index < -0.39 is 0 Å². The molecular weight excluding hydrogens is 332 g/mol. The number of aryl methyl sites for hydroxylation is 1. The molecule has 6 nitrogen and oxygen atoms in total. The van der Waals surface area contributed by atoms with E-state index in [1.54, 1.807) is 4.90 Å². The highest BCUT2D eigenvalue weighted by Gasteiger charge is 2.28. The van der Waals surface area contributed by atoms with Gasteiger partial charge in [-0.3, -0.25) is 9.59 Å². The van der Waals surface area contributed by atoms with E-state index in [0.29, 0.717) is 31.0 Å². The van der Waals surface area contributed by atoms with Crippen LogP contribution in [0.1, 0.15) is 57.4 Å². The Hall–Kier alpha value is -2.76. The van der Waals surface area contributed by atoms with Crippen molar-refractivity contribution in [2.45, 2.75) is 39.7 Å². The highest BCUT2D eigenvalue weighted by molar-refractivity contribution is 6.04. The number of aromatic amines is 1. The molecule has 0 atom stereocenters. The van der Waals surface area contributed by atoms with Crippen LogP contribution < -0.4 is 9.47 Å². The molecule has 0 bridgehead atoms. The molecule has 4 rings (SSSR count). The molecule has 0 unspecified atom stereocenters. The smallest absolute Gasteiger partial charge is 0.270 e. The number of ether oxygens (including phenoxy) is 2. The number of nitrogens with zero attached hydrogens (tertiary/aromatic N) is 1. The third kappa shape index (κ3) is 2.75. The normalized spacial score (nSPS) is 15.1. The molecule has 2 aliphatic rings. The molecule has 0 saturated heterocycles. The van der Waals surface area contributed by atoms with Crippen LogP contribution in [0.25, 0.3) is 0 Å².